The van der Waals surface area contributed by atoms with Crippen molar-refractivity contribution in [3.8, 4) is 11.5 Å². The van der Waals surface area contributed by atoms with E-state index in [1.54, 1.807) is 6.20 Å². The van der Waals surface area contributed by atoms with Crippen molar-refractivity contribution >= 4 is 22.0 Å². The summed E-state index contributed by atoms with van der Waals surface area (Å²) in [7, 11) is 0. The highest BCUT2D eigenvalue weighted by molar-refractivity contribution is 5.87. The van der Waals surface area contributed by atoms with E-state index in [4.69, 9.17) is 4.42 Å². The van der Waals surface area contributed by atoms with Gasteiger partial charge in [-0.25, -0.2) is 0 Å². The zero-order chi connectivity index (χ0) is 11.9. The molecule has 0 bridgehead atoms. The predicted molar refractivity (Wildman–Crippen MR) is 71.3 cm³/mol. The van der Waals surface area contributed by atoms with E-state index < -0.39 is 0 Å². The standard InChI is InChI=1S/C15H10N2O/c1-2-5-11-10(4-1)8-13(17-11)15-9-12-14(18-15)6-3-7-16-12/h1-9,17H. The molecule has 0 aliphatic heterocycles. The van der Waals surface area contributed by atoms with E-state index in [2.05, 4.69) is 28.2 Å². The number of rotatable bonds is 1. The molecular weight excluding hydrogens is 224 g/mol. The summed E-state index contributed by atoms with van der Waals surface area (Å²) in [5.74, 6) is 0.819. The number of hydrogen-bond acceptors (Lipinski definition) is 2. The second-order valence-corrected chi connectivity index (χ2v) is 4.27. The maximum Gasteiger partial charge on any atom is 0.153 e. The fourth-order valence-electron chi connectivity index (χ4n) is 2.21. The number of fused-ring (bicyclic) bond motifs is 2. The molecule has 0 atom stereocenters. The van der Waals surface area contributed by atoms with Gasteiger partial charge in [0.1, 0.15) is 5.52 Å². The molecule has 0 spiro atoms. The van der Waals surface area contributed by atoms with Crippen LogP contribution in [0.2, 0.25) is 0 Å². The summed E-state index contributed by atoms with van der Waals surface area (Å²) < 4.78 is 5.79. The Hall–Kier alpha value is -2.55. The maximum absolute atomic E-state index is 5.79. The molecule has 0 amide bonds. The number of pyridine rings is 1. The normalized spacial score (nSPS) is 11.3. The van der Waals surface area contributed by atoms with Crippen LogP contribution < -0.4 is 0 Å². The smallest absolute Gasteiger partial charge is 0.153 e. The van der Waals surface area contributed by atoms with Gasteiger partial charge in [-0.1, -0.05) is 18.2 Å². The van der Waals surface area contributed by atoms with E-state index in [1.165, 1.54) is 5.39 Å². The highest BCUT2D eigenvalue weighted by Crippen LogP contribution is 2.28. The number of aromatic nitrogens is 2. The highest BCUT2D eigenvalue weighted by Gasteiger charge is 2.09. The third-order valence-electron chi connectivity index (χ3n) is 3.08. The summed E-state index contributed by atoms with van der Waals surface area (Å²) in [5, 5.41) is 1.18. The molecule has 3 heterocycles. The van der Waals surface area contributed by atoms with Gasteiger partial charge in [0.2, 0.25) is 0 Å². The van der Waals surface area contributed by atoms with Crippen molar-refractivity contribution in [3.63, 3.8) is 0 Å². The number of nitrogens with zero attached hydrogens (tertiary/aromatic N) is 1. The Bertz CT molecular complexity index is 704. The minimum atomic E-state index is 0.811. The Balaban J connectivity index is 1.95. The quantitative estimate of drug-likeness (QED) is 0.541. The summed E-state index contributed by atoms with van der Waals surface area (Å²) in [6.45, 7) is 0. The van der Waals surface area contributed by atoms with Crippen LogP contribution in [0.4, 0.5) is 0 Å². The molecule has 1 aromatic carbocycles. The number of aromatic amines is 1. The minimum absolute atomic E-state index is 0.811. The van der Waals surface area contributed by atoms with Crippen LogP contribution in [-0.4, -0.2) is 9.97 Å². The Morgan fingerprint density at radius 1 is 1.00 bits per heavy atom. The Kier molecular flexibility index (Phi) is 1.83. The van der Waals surface area contributed by atoms with Crippen LogP contribution in [0.15, 0.2) is 59.1 Å². The van der Waals surface area contributed by atoms with Crippen LogP contribution in [0, 0.1) is 0 Å². The van der Waals surface area contributed by atoms with Gasteiger partial charge < -0.3 is 9.40 Å². The topological polar surface area (TPSA) is 41.8 Å². The molecule has 4 aromatic rings. The molecule has 18 heavy (non-hydrogen) atoms. The van der Waals surface area contributed by atoms with Crippen LogP contribution in [0.5, 0.6) is 0 Å². The number of benzene rings is 1. The van der Waals surface area contributed by atoms with Gasteiger partial charge in [0.05, 0.1) is 5.69 Å². The number of H-pyrrole nitrogens is 1. The van der Waals surface area contributed by atoms with E-state index in [9.17, 15) is 0 Å². The summed E-state index contributed by atoms with van der Waals surface area (Å²) in [6.07, 6.45) is 1.77. The third kappa shape index (κ3) is 1.34. The van der Waals surface area contributed by atoms with Gasteiger partial charge in [-0.3, -0.25) is 4.98 Å². The summed E-state index contributed by atoms with van der Waals surface area (Å²) in [4.78, 5) is 7.62. The molecule has 3 heteroatoms. The highest BCUT2D eigenvalue weighted by atomic mass is 16.3. The fourth-order valence-corrected chi connectivity index (χ4v) is 2.21. The van der Waals surface area contributed by atoms with Gasteiger partial charge in [0.15, 0.2) is 11.3 Å². The fraction of sp³-hybridized carbons (Fsp3) is 0. The molecule has 4 rings (SSSR count). The monoisotopic (exact) mass is 234 g/mol. The SMILES string of the molecule is c1ccc2[nH]c(-c3cc4ncccc4o3)cc2c1. The van der Waals surface area contributed by atoms with Gasteiger partial charge in [-0.2, -0.15) is 0 Å². The summed E-state index contributed by atoms with van der Waals surface area (Å²) >= 11 is 0. The Morgan fingerprint density at radius 3 is 2.83 bits per heavy atom. The number of nitrogens with one attached hydrogen (secondary N) is 1. The van der Waals surface area contributed by atoms with Crippen LogP contribution in [0.1, 0.15) is 0 Å². The van der Waals surface area contributed by atoms with Gasteiger partial charge in [0.25, 0.3) is 0 Å². The summed E-state index contributed by atoms with van der Waals surface area (Å²) in [5.41, 5.74) is 3.78. The van der Waals surface area contributed by atoms with Crippen molar-refractivity contribution in [2.24, 2.45) is 0 Å². The first-order valence-corrected chi connectivity index (χ1v) is 5.83. The molecule has 0 radical (unpaired) electrons. The molecule has 3 aromatic heterocycles. The maximum atomic E-state index is 5.79. The largest absolute Gasteiger partial charge is 0.453 e. The zero-order valence-corrected chi connectivity index (χ0v) is 9.55. The van der Waals surface area contributed by atoms with Crippen LogP contribution >= 0.6 is 0 Å². The zero-order valence-electron chi connectivity index (χ0n) is 9.55. The molecule has 0 aliphatic carbocycles. The lowest BCUT2D eigenvalue weighted by atomic mass is 10.2. The lowest BCUT2D eigenvalue weighted by Gasteiger charge is -1.88. The second kappa shape index (κ2) is 3.47. The van der Waals surface area contributed by atoms with Crippen LogP contribution in [-0.2, 0) is 0 Å². The van der Waals surface area contributed by atoms with Crippen molar-refractivity contribution in [1.29, 1.82) is 0 Å². The number of para-hydroxylation sites is 1. The molecular formula is C15H10N2O. The molecule has 3 nitrogen and oxygen atoms in total. The third-order valence-corrected chi connectivity index (χ3v) is 3.08. The van der Waals surface area contributed by atoms with Crippen molar-refractivity contribution < 1.29 is 4.42 Å². The Labute approximate surface area is 103 Å². The van der Waals surface area contributed by atoms with Crippen molar-refractivity contribution in [2.45, 2.75) is 0 Å². The van der Waals surface area contributed by atoms with Crippen LogP contribution in [0.25, 0.3) is 33.5 Å². The van der Waals surface area contributed by atoms with E-state index in [-0.39, 0.29) is 0 Å². The first-order valence-electron chi connectivity index (χ1n) is 5.83. The van der Waals surface area contributed by atoms with Crippen molar-refractivity contribution in [1.82, 2.24) is 9.97 Å². The van der Waals surface area contributed by atoms with E-state index >= 15 is 0 Å². The number of furan rings is 1. The summed E-state index contributed by atoms with van der Waals surface area (Å²) in [6, 6.07) is 16.0. The average Bonchev–Trinajstić information content (AvgIpc) is 3.02. The van der Waals surface area contributed by atoms with E-state index in [1.807, 2.05) is 30.3 Å². The Morgan fingerprint density at radius 2 is 1.94 bits per heavy atom. The first-order chi connectivity index (χ1) is 8.90. The molecule has 0 unspecified atom stereocenters. The van der Waals surface area contributed by atoms with Gasteiger partial charge in [-0.15, -0.1) is 0 Å². The average molecular weight is 234 g/mol. The van der Waals surface area contributed by atoms with E-state index in [0.717, 1.165) is 28.1 Å². The lowest BCUT2D eigenvalue weighted by molar-refractivity contribution is 0.629. The molecule has 1 N–H and O–H groups in total. The van der Waals surface area contributed by atoms with E-state index in [0.29, 0.717) is 0 Å². The van der Waals surface area contributed by atoms with Gasteiger partial charge >= 0.3 is 0 Å². The van der Waals surface area contributed by atoms with Crippen LogP contribution in [0.3, 0.4) is 0 Å². The van der Waals surface area contributed by atoms with Gasteiger partial charge in [-0.05, 0) is 24.3 Å². The molecule has 0 aliphatic rings. The lowest BCUT2D eigenvalue weighted by Crippen LogP contribution is -1.70. The number of hydrogen-bond donors (Lipinski definition) is 1. The molecule has 86 valence electrons. The van der Waals surface area contributed by atoms with Crippen molar-refractivity contribution in [2.75, 3.05) is 0 Å². The predicted octanol–water partition coefficient (Wildman–Crippen LogP) is 3.98. The van der Waals surface area contributed by atoms with Gasteiger partial charge in [0, 0.05) is 23.2 Å². The second-order valence-electron chi connectivity index (χ2n) is 4.27. The molecule has 0 saturated carbocycles. The molecule has 0 saturated heterocycles. The first kappa shape index (κ1) is 9.48. The van der Waals surface area contributed by atoms with Crippen molar-refractivity contribution in [3.05, 3.63) is 54.7 Å². The molecule has 0 fully saturated rings. The minimum Gasteiger partial charge on any atom is -0.453 e.